The van der Waals surface area contributed by atoms with E-state index in [-0.39, 0.29) is 12.0 Å². The largest absolute Gasteiger partial charge is 0.376 e. The number of nitrogens with one attached hydrogen (secondary N) is 1. The van der Waals surface area contributed by atoms with Gasteiger partial charge in [-0.25, -0.2) is 4.98 Å². The summed E-state index contributed by atoms with van der Waals surface area (Å²) in [7, 11) is 3.92. The molecule has 6 heteroatoms. The van der Waals surface area contributed by atoms with Crippen molar-refractivity contribution in [1.82, 2.24) is 4.98 Å². The summed E-state index contributed by atoms with van der Waals surface area (Å²) in [5.41, 5.74) is 1.64. The van der Waals surface area contributed by atoms with Gasteiger partial charge in [0, 0.05) is 31.8 Å². The van der Waals surface area contributed by atoms with Crippen molar-refractivity contribution in [3.05, 3.63) is 30.3 Å². The van der Waals surface area contributed by atoms with Gasteiger partial charge in [0.05, 0.1) is 18.2 Å². The maximum Gasteiger partial charge on any atom is 0.253 e. The molecule has 1 aliphatic heterocycles. The first kappa shape index (κ1) is 17.6. The number of nitrogens with zero attached hydrogens (tertiary/aromatic N) is 2. The van der Waals surface area contributed by atoms with Gasteiger partial charge < -0.3 is 19.7 Å². The predicted octanol–water partition coefficient (Wildman–Crippen LogP) is 2.82. The van der Waals surface area contributed by atoms with Crippen molar-refractivity contribution < 1.29 is 14.3 Å². The number of carbonyl (C=O) groups is 1. The highest BCUT2D eigenvalue weighted by molar-refractivity contribution is 5.96. The molecule has 2 aromatic rings. The molecule has 1 N–H and O–H groups in total. The van der Waals surface area contributed by atoms with E-state index in [0.717, 1.165) is 41.9 Å². The molecular weight excluding hydrogens is 318 g/mol. The number of fused-ring (bicyclic) bond motifs is 1. The average molecular weight is 343 g/mol. The number of rotatable bonds is 6. The Morgan fingerprint density at radius 3 is 2.96 bits per heavy atom. The first-order chi connectivity index (χ1) is 12.0. The molecule has 2 atom stereocenters. The zero-order chi connectivity index (χ0) is 17.8. The number of ether oxygens (including phenoxy) is 2. The van der Waals surface area contributed by atoms with Crippen LogP contribution < -0.4 is 10.2 Å². The van der Waals surface area contributed by atoms with Gasteiger partial charge in [-0.2, -0.15) is 0 Å². The molecule has 0 bridgehead atoms. The lowest BCUT2D eigenvalue weighted by atomic mass is 10.2. The summed E-state index contributed by atoms with van der Waals surface area (Å²) in [6.07, 6.45) is 1.66. The third-order valence-corrected chi connectivity index (χ3v) is 4.33. The Morgan fingerprint density at radius 2 is 2.24 bits per heavy atom. The molecule has 0 saturated carbocycles. The molecule has 1 saturated heterocycles. The quantitative estimate of drug-likeness (QED) is 0.874. The van der Waals surface area contributed by atoms with Crippen molar-refractivity contribution in [3.63, 3.8) is 0 Å². The van der Waals surface area contributed by atoms with Crippen LogP contribution in [-0.2, 0) is 14.3 Å². The highest BCUT2D eigenvalue weighted by atomic mass is 16.5. The molecule has 0 spiro atoms. The zero-order valence-corrected chi connectivity index (χ0v) is 15.0. The lowest BCUT2D eigenvalue weighted by Gasteiger charge is -2.16. The first-order valence-corrected chi connectivity index (χ1v) is 8.65. The minimum atomic E-state index is -0.519. The highest BCUT2D eigenvalue weighted by Gasteiger charge is 2.20. The smallest absolute Gasteiger partial charge is 0.253 e. The Labute approximate surface area is 148 Å². The van der Waals surface area contributed by atoms with Crippen molar-refractivity contribution in [2.24, 2.45) is 0 Å². The van der Waals surface area contributed by atoms with Gasteiger partial charge >= 0.3 is 0 Å². The number of carbonyl (C=O) groups excluding carboxylic acids is 1. The van der Waals surface area contributed by atoms with E-state index in [2.05, 4.69) is 10.3 Å². The van der Waals surface area contributed by atoms with Gasteiger partial charge in [-0.3, -0.25) is 4.79 Å². The summed E-state index contributed by atoms with van der Waals surface area (Å²) in [6, 6.07) is 9.66. The summed E-state index contributed by atoms with van der Waals surface area (Å²) >= 11 is 0. The molecule has 25 heavy (non-hydrogen) atoms. The van der Waals surface area contributed by atoms with E-state index in [1.54, 1.807) is 6.92 Å². The molecule has 0 unspecified atom stereocenters. The third kappa shape index (κ3) is 4.46. The minimum absolute atomic E-state index is 0.118. The fraction of sp³-hybridized carbons (Fsp3) is 0.474. The number of aromatic nitrogens is 1. The van der Waals surface area contributed by atoms with Crippen molar-refractivity contribution in [2.45, 2.75) is 32.0 Å². The Bertz CT molecular complexity index is 742. The Balaban J connectivity index is 1.61. The number of hydrogen-bond donors (Lipinski definition) is 1. The second-order valence-corrected chi connectivity index (χ2v) is 6.57. The summed E-state index contributed by atoms with van der Waals surface area (Å²) in [6.45, 7) is 3.01. The number of pyridine rings is 1. The fourth-order valence-corrected chi connectivity index (χ4v) is 2.79. The molecule has 0 aliphatic carbocycles. The molecule has 1 aromatic carbocycles. The van der Waals surface area contributed by atoms with Crippen molar-refractivity contribution in [2.75, 3.05) is 37.5 Å². The van der Waals surface area contributed by atoms with E-state index in [9.17, 15) is 4.79 Å². The molecule has 3 rings (SSSR count). The van der Waals surface area contributed by atoms with Gasteiger partial charge in [-0.15, -0.1) is 0 Å². The normalized spacial score (nSPS) is 18.3. The van der Waals surface area contributed by atoms with E-state index in [1.165, 1.54) is 0 Å². The van der Waals surface area contributed by atoms with Crippen LogP contribution in [0.25, 0.3) is 10.9 Å². The van der Waals surface area contributed by atoms with Gasteiger partial charge in [-0.1, -0.05) is 0 Å². The number of benzene rings is 1. The second-order valence-electron chi connectivity index (χ2n) is 6.57. The first-order valence-electron chi connectivity index (χ1n) is 8.65. The summed E-state index contributed by atoms with van der Waals surface area (Å²) < 4.78 is 11.1. The van der Waals surface area contributed by atoms with Crippen LogP contribution in [0.5, 0.6) is 0 Å². The standard InChI is InChI=1S/C19H25N3O3/c1-13(25-12-16-5-4-10-24-16)19(23)20-15-7-8-17-14(11-15)6-9-18(21-17)22(2)3/h6-9,11,13,16H,4-5,10,12H2,1-3H3,(H,20,23)/t13-,16+/m1/s1. The van der Waals surface area contributed by atoms with Crippen LogP contribution in [-0.4, -0.2) is 50.4 Å². The van der Waals surface area contributed by atoms with E-state index >= 15 is 0 Å². The fourth-order valence-electron chi connectivity index (χ4n) is 2.79. The molecule has 1 fully saturated rings. The minimum Gasteiger partial charge on any atom is -0.376 e. The topological polar surface area (TPSA) is 63.7 Å². The van der Waals surface area contributed by atoms with E-state index in [1.807, 2.05) is 49.3 Å². The lowest BCUT2D eigenvalue weighted by Crippen LogP contribution is -2.30. The van der Waals surface area contributed by atoms with Crippen molar-refractivity contribution in [1.29, 1.82) is 0 Å². The van der Waals surface area contributed by atoms with Gasteiger partial charge in [-0.05, 0) is 50.1 Å². The molecule has 2 heterocycles. The maximum atomic E-state index is 12.3. The van der Waals surface area contributed by atoms with Crippen LogP contribution >= 0.6 is 0 Å². The molecular formula is C19H25N3O3. The molecule has 1 aliphatic rings. The van der Waals surface area contributed by atoms with Crippen molar-refractivity contribution >= 4 is 28.3 Å². The van der Waals surface area contributed by atoms with Crippen molar-refractivity contribution in [3.8, 4) is 0 Å². The highest BCUT2D eigenvalue weighted by Crippen LogP contribution is 2.21. The molecule has 6 nitrogen and oxygen atoms in total. The Hall–Kier alpha value is -2.18. The monoisotopic (exact) mass is 343 g/mol. The molecule has 1 aromatic heterocycles. The second kappa shape index (κ2) is 7.80. The number of amides is 1. The van der Waals surface area contributed by atoms with Crippen LogP contribution in [0, 0.1) is 0 Å². The van der Waals surface area contributed by atoms with E-state index in [0.29, 0.717) is 6.61 Å². The summed E-state index contributed by atoms with van der Waals surface area (Å²) in [4.78, 5) is 18.8. The molecule has 0 radical (unpaired) electrons. The molecule has 1 amide bonds. The maximum absolute atomic E-state index is 12.3. The van der Waals surface area contributed by atoms with Gasteiger partial charge in [0.2, 0.25) is 0 Å². The van der Waals surface area contributed by atoms with Gasteiger partial charge in [0.1, 0.15) is 11.9 Å². The average Bonchev–Trinajstić information content (AvgIpc) is 3.12. The van der Waals surface area contributed by atoms with Crippen LogP contribution in [0.4, 0.5) is 11.5 Å². The van der Waals surface area contributed by atoms with Crippen LogP contribution in [0.3, 0.4) is 0 Å². The van der Waals surface area contributed by atoms with Crippen LogP contribution in [0.2, 0.25) is 0 Å². The number of anilines is 2. The predicted molar refractivity (Wildman–Crippen MR) is 99.1 cm³/mol. The van der Waals surface area contributed by atoms with E-state index in [4.69, 9.17) is 9.47 Å². The number of hydrogen-bond acceptors (Lipinski definition) is 5. The SMILES string of the molecule is C[C@@H](OC[C@@H]1CCCO1)C(=O)Nc1ccc2nc(N(C)C)ccc2c1. The van der Waals surface area contributed by atoms with Crippen LogP contribution in [0.1, 0.15) is 19.8 Å². The summed E-state index contributed by atoms with van der Waals surface area (Å²) in [5.74, 6) is 0.746. The van der Waals surface area contributed by atoms with Gasteiger partial charge in [0.15, 0.2) is 0 Å². The summed E-state index contributed by atoms with van der Waals surface area (Å²) in [5, 5.41) is 3.89. The Kier molecular flexibility index (Phi) is 5.50. The van der Waals surface area contributed by atoms with E-state index < -0.39 is 6.10 Å². The lowest BCUT2D eigenvalue weighted by molar-refractivity contribution is -0.128. The Morgan fingerprint density at radius 1 is 1.40 bits per heavy atom. The van der Waals surface area contributed by atoms with Gasteiger partial charge in [0.25, 0.3) is 5.91 Å². The third-order valence-electron chi connectivity index (χ3n) is 4.33. The zero-order valence-electron chi connectivity index (χ0n) is 15.0. The molecule has 134 valence electrons. The van der Waals surface area contributed by atoms with Crippen LogP contribution in [0.15, 0.2) is 30.3 Å².